The number of hydrogen-bond acceptors (Lipinski definition) is 4. The van der Waals surface area contributed by atoms with E-state index in [1.165, 1.54) is 11.1 Å². The van der Waals surface area contributed by atoms with Gasteiger partial charge in [-0.25, -0.2) is 0 Å². The highest BCUT2D eigenvalue weighted by Gasteiger charge is 2.15. The van der Waals surface area contributed by atoms with Crippen LogP contribution in [-0.4, -0.2) is 25.0 Å². The zero-order chi connectivity index (χ0) is 32.1. The number of anilines is 2. The van der Waals surface area contributed by atoms with Crippen LogP contribution in [0.15, 0.2) is 84.9 Å². The third kappa shape index (κ3) is 8.73. The molecule has 2 N–H and O–H groups in total. The van der Waals surface area contributed by atoms with Crippen molar-refractivity contribution in [3.8, 4) is 22.6 Å². The Bertz CT molecular complexity index is 1490. The quantitative estimate of drug-likeness (QED) is 0.204. The van der Waals surface area contributed by atoms with E-state index >= 15 is 0 Å². The molecule has 0 spiro atoms. The highest BCUT2D eigenvalue weighted by molar-refractivity contribution is 5.94. The van der Waals surface area contributed by atoms with Gasteiger partial charge in [0, 0.05) is 11.4 Å². The SMILES string of the molecule is Cc1cc(-c2ccc(NC(=O)COc3ccc(C(C)(C)C)cc3)c(C)c2)ccc1NC(=O)COc1ccc(C(C)(C)C)cc1. The maximum atomic E-state index is 12.6. The van der Waals surface area contributed by atoms with Crippen molar-refractivity contribution in [1.29, 1.82) is 0 Å². The molecule has 0 saturated heterocycles. The summed E-state index contributed by atoms with van der Waals surface area (Å²) < 4.78 is 11.4. The third-order valence-corrected chi connectivity index (χ3v) is 7.51. The van der Waals surface area contributed by atoms with Gasteiger partial charge in [-0.1, -0.05) is 77.9 Å². The monoisotopic (exact) mass is 592 g/mol. The van der Waals surface area contributed by atoms with Gasteiger partial charge >= 0.3 is 0 Å². The van der Waals surface area contributed by atoms with Gasteiger partial charge < -0.3 is 20.1 Å². The number of rotatable bonds is 9. The van der Waals surface area contributed by atoms with Gasteiger partial charge in [-0.3, -0.25) is 9.59 Å². The van der Waals surface area contributed by atoms with E-state index in [1.807, 2.05) is 98.8 Å². The predicted molar refractivity (Wildman–Crippen MR) is 180 cm³/mol. The molecule has 0 atom stereocenters. The molecule has 230 valence electrons. The van der Waals surface area contributed by atoms with Gasteiger partial charge in [0.15, 0.2) is 13.2 Å². The first-order valence-corrected chi connectivity index (χ1v) is 15.0. The minimum atomic E-state index is -0.220. The van der Waals surface area contributed by atoms with Crippen molar-refractivity contribution < 1.29 is 19.1 Å². The molecule has 0 aromatic heterocycles. The van der Waals surface area contributed by atoms with E-state index in [2.05, 4.69) is 52.2 Å². The van der Waals surface area contributed by atoms with Crippen LogP contribution in [0.5, 0.6) is 11.5 Å². The molecule has 0 aliphatic heterocycles. The predicted octanol–water partition coefficient (Wildman–Crippen LogP) is 8.60. The number of amides is 2. The van der Waals surface area contributed by atoms with Crippen LogP contribution in [0.4, 0.5) is 11.4 Å². The van der Waals surface area contributed by atoms with E-state index in [4.69, 9.17) is 9.47 Å². The van der Waals surface area contributed by atoms with E-state index in [0.717, 1.165) is 33.6 Å². The minimum absolute atomic E-state index is 0.0613. The number of hydrogen-bond donors (Lipinski definition) is 2. The Balaban J connectivity index is 1.30. The van der Waals surface area contributed by atoms with Crippen LogP contribution in [0.25, 0.3) is 11.1 Å². The molecule has 2 amide bonds. The lowest BCUT2D eigenvalue weighted by atomic mass is 9.87. The van der Waals surface area contributed by atoms with Crippen LogP contribution in [0.2, 0.25) is 0 Å². The summed E-state index contributed by atoms with van der Waals surface area (Å²) in [6, 6.07) is 27.5. The topological polar surface area (TPSA) is 76.7 Å². The number of nitrogens with one attached hydrogen (secondary N) is 2. The normalized spacial score (nSPS) is 11.5. The fourth-order valence-electron chi connectivity index (χ4n) is 4.74. The maximum absolute atomic E-state index is 12.6. The summed E-state index contributed by atoms with van der Waals surface area (Å²) in [5, 5.41) is 5.89. The number of carbonyl (C=O) groups is 2. The second kappa shape index (κ2) is 13.4. The molecular formula is C38H44N2O4. The Morgan fingerprint density at radius 3 is 1.18 bits per heavy atom. The average Bonchev–Trinajstić information content (AvgIpc) is 2.96. The first-order chi connectivity index (χ1) is 20.7. The van der Waals surface area contributed by atoms with Crippen LogP contribution in [-0.2, 0) is 20.4 Å². The van der Waals surface area contributed by atoms with Crippen molar-refractivity contribution in [3.63, 3.8) is 0 Å². The van der Waals surface area contributed by atoms with Crippen LogP contribution in [0, 0.1) is 13.8 Å². The van der Waals surface area contributed by atoms with Crippen molar-refractivity contribution in [1.82, 2.24) is 0 Å². The molecule has 6 heteroatoms. The average molecular weight is 593 g/mol. The molecule has 0 saturated carbocycles. The van der Waals surface area contributed by atoms with Gasteiger partial charge in [0.05, 0.1) is 0 Å². The zero-order valence-corrected chi connectivity index (χ0v) is 27.1. The van der Waals surface area contributed by atoms with Crippen LogP contribution >= 0.6 is 0 Å². The van der Waals surface area contributed by atoms with E-state index in [0.29, 0.717) is 11.5 Å². The van der Waals surface area contributed by atoms with E-state index in [1.54, 1.807) is 0 Å². The van der Waals surface area contributed by atoms with E-state index in [9.17, 15) is 9.59 Å². The van der Waals surface area contributed by atoms with Crippen molar-refractivity contribution in [2.45, 2.75) is 66.2 Å². The molecule has 6 nitrogen and oxygen atoms in total. The zero-order valence-electron chi connectivity index (χ0n) is 27.1. The summed E-state index contributed by atoms with van der Waals surface area (Å²) in [7, 11) is 0. The highest BCUT2D eigenvalue weighted by atomic mass is 16.5. The first kappa shape index (κ1) is 32.3. The highest BCUT2D eigenvalue weighted by Crippen LogP contribution is 2.29. The van der Waals surface area contributed by atoms with Gasteiger partial charge in [0.2, 0.25) is 0 Å². The summed E-state index contributed by atoms with van der Waals surface area (Å²) >= 11 is 0. The fourth-order valence-corrected chi connectivity index (χ4v) is 4.74. The van der Waals surface area contributed by atoms with Gasteiger partial charge in [-0.15, -0.1) is 0 Å². The Kier molecular flexibility index (Phi) is 9.83. The summed E-state index contributed by atoms with van der Waals surface area (Å²) in [4.78, 5) is 25.2. The molecule has 0 unspecified atom stereocenters. The molecule has 44 heavy (non-hydrogen) atoms. The van der Waals surface area contributed by atoms with Crippen molar-refractivity contribution in [2.24, 2.45) is 0 Å². The number of benzene rings is 4. The maximum Gasteiger partial charge on any atom is 0.262 e. The number of aryl methyl sites for hydroxylation is 2. The van der Waals surface area contributed by atoms with E-state index < -0.39 is 0 Å². The first-order valence-electron chi connectivity index (χ1n) is 15.0. The lowest BCUT2D eigenvalue weighted by molar-refractivity contribution is -0.118. The van der Waals surface area contributed by atoms with Crippen molar-refractivity contribution in [3.05, 3.63) is 107 Å². The molecule has 4 aromatic carbocycles. The van der Waals surface area contributed by atoms with E-state index in [-0.39, 0.29) is 35.9 Å². The van der Waals surface area contributed by atoms with Gasteiger partial charge in [0.1, 0.15) is 11.5 Å². The second-order valence-electron chi connectivity index (χ2n) is 13.3. The lowest BCUT2D eigenvalue weighted by Gasteiger charge is -2.19. The molecular weight excluding hydrogens is 548 g/mol. The summed E-state index contributed by atoms with van der Waals surface area (Å²) in [5.41, 5.74) is 7.92. The molecule has 0 radical (unpaired) electrons. The molecule has 4 rings (SSSR count). The summed E-state index contributed by atoms with van der Waals surface area (Å²) in [6.07, 6.45) is 0. The number of carbonyl (C=O) groups excluding carboxylic acids is 2. The van der Waals surface area contributed by atoms with Crippen molar-refractivity contribution in [2.75, 3.05) is 23.8 Å². The Morgan fingerprint density at radius 2 is 0.886 bits per heavy atom. The van der Waals surface area contributed by atoms with Crippen LogP contribution < -0.4 is 20.1 Å². The molecule has 0 bridgehead atoms. The molecule has 0 heterocycles. The summed E-state index contributed by atoms with van der Waals surface area (Å²) in [5.74, 6) is 0.882. The third-order valence-electron chi connectivity index (χ3n) is 7.51. The largest absolute Gasteiger partial charge is 0.484 e. The Labute approximate surface area is 261 Å². The minimum Gasteiger partial charge on any atom is -0.484 e. The number of ether oxygens (including phenoxy) is 2. The van der Waals surface area contributed by atoms with Gasteiger partial charge in [-0.05, 0) is 107 Å². The van der Waals surface area contributed by atoms with Gasteiger partial charge in [0.25, 0.3) is 11.8 Å². The van der Waals surface area contributed by atoms with Crippen LogP contribution in [0.3, 0.4) is 0 Å². The molecule has 4 aromatic rings. The smallest absolute Gasteiger partial charge is 0.262 e. The van der Waals surface area contributed by atoms with Gasteiger partial charge in [-0.2, -0.15) is 0 Å². The van der Waals surface area contributed by atoms with Crippen molar-refractivity contribution >= 4 is 23.2 Å². The fraction of sp³-hybridized carbons (Fsp3) is 0.316. The Hall–Kier alpha value is -4.58. The summed E-state index contributed by atoms with van der Waals surface area (Å²) in [6.45, 7) is 16.7. The molecule has 0 aliphatic rings. The van der Waals surface area contributed by atoms with Crippen LogP contribution in [0.1, 0.15) is 63.8 Å². The second-order valence-corrected chi connectivity index (χ2v) is 13.3. The standard InChI is InChI=1S/C38H44N2O4/c1-25-21-27(9-19-33(25)39-35(41)23-43-31-15-11-29(12-16-31)37(3,4)5)28-10-20-34(26(2)22-28)40-36(42)24-44-32-17-13-30(14-18-32)38(6,7)8/h9-22H,23-24H2,1-8H3,(H,39,41)(H,40,42). The molecule has 0 fully saturated rings. The lowest BCUT2D eigenvalue weighted by Crippen LogP contribution is -2.21. The Morgan fingerprint density at radius 1 is 0.545 bits per heavy atom. The molecule has 0 aliphatic carbocycles.